The Morgan fingerprint density at radius 1 is 1.09 bits per heavy atom. The Bertz CT molecular complexity index is 1090. The summed E-state index contributed by atoms with van der Waals surface area (Å²) in [6.45, 7) is 0.653. The zero-order valence-electron chi connectivity index (χ0n) is 18.5. The van der Waals surface area contributed by atoms with E-state index in [4.69, 9.17) is 9.72 Å². The van der Waals surface area contributed by atoms with Gasteiger partial charge in [0.2, 0.25) is 11.8 Å². The van der Waals surface area contributed by atoms with Gasteiger partial charge < -0.3 is 19.9 Å². The van der Waals surface area contributed by atoms with Crippen molar-refractivity contribution in [1.29, 1.82) is 0 Å². The minimum Gasteiger partial charge on any atom is -0.497 e. The zero-order valence-corrected chi connectivity index (χ0v) is 18.5. The maximum absolute atomic E-state index is 12.8. The first-order valence-corrected chi connectivity index (χ1v) is 11.3. The molecule has 168 valence electrons. The Labute approximate surface area is 188 Å². The van der Waals surface area contributed by atoms with Gasteiger partial charge >= 0.3 is 0 Å². The number of methoxy groups -OCH3 is 1. The van der Waals surface area contributed by atoms with Crippen LogP contribution in [0.1, 0.15) is 37.9 Å². The van der Waals surface area contributed by atoms with Gasteiger partial charge in [0.05, 0.1) is 18.1 Å². The minimum absolute atomic E-state index is 0.135. The maximum Gasteiger partial charge on any atom is 0.244 e. The third-order valence-corrected chi connectivity index (χ3v) is 6.01. The number of imidazole rings is 1. The van der Waals surface area contributed by atoms with Gasteiger partial charge in [-0.2, -0.15) is 0 Å². The number of para-hydroxylation sites is 2. The second-order valence-corrected chi connectivity index (χ2v) is 8.26. The molecule has 4 rings (SSSR count). The molecule has 1 fully saturated rings. The molecular weight excluding hydrogens is 404 g/mol. The molecule has 32 heavy (non-hydrogen) atoms. The van der Waals surface area contributed by atoms with Crippen LogP contribution in [0.5, 0.6) is 5.75 Å². The summed E-state index contributed by atoms with van der Waals surface area (Å²) in [6, 6.07) is 15.1. The van der Waals surface area contributed by atoms with E-state index in [1.165, 1.54) is 6.42 Å². The molecule has 1 aliphatic rings. The van der Waals surface area contributed by atoms with Crippen LogP contribution >= 0.6 is 0 Å². The summed E-state index contributed by atoms with van der Waals surface area (Å²) >= 11 is 0. The van der Waals surface area contributed by atoms with E-state index in [0.717, 1.165) is 42.5 Å². The number of fused-ring (bicyclic) bond motifs is 1. The highest BCUT2D eigenvalue weighted by atomic mass is 16.5. The molecule has 0 saturated heterocycles. The topological polar surface area (TPSA) is 85.2 Å². The van der Waals surface area contributed by atoms with Gasteiger partial charge in [-0.05, 0) is 37.1 Å². The lowest BCUT2D eigenvalue weighted by Crippen LogP contribution is -2.33. The Morgan fingerprint density at radius 3 is 2.72 bits per heavy atom. The molecule has 7 heteroatoms. The van der Waals surface area contributed by atoms with Crippen molar-refractivity contribution in [2.75, 3.05) is 19.0 Å². The number of nitrogens with one attached hydrogen (secondary N) is 2. The molecule has 0 unspecified atom stereocenters. The molecule has 0 aliphatic heterocycles. The Morgan fingerprint density at radius 2 is 1.91 bits per heavy atom. The molecule has 1 saturated carbocycles. The molecule has 2 amide bonds. The lowest BCUT2D eigenvalue weighted by molar-refractivity contribution is -0.125. The predicted molar refractivity (Wildman–Crippen MR) is 125 cm³/mol. The Balaban J connectivity index is 1.43. The molecule has 1 aliphatic carbocycles. The van der Waals surface area contributed by atoms with Crippen molar-refractivity contribution in [3.8, 4) is 5.75 Å². The molecule has 2 aromatic carbocycles. The molecule has 1 heterocycles. The molecule has 0 spiro atoms. The summed E-state index contributed by atoms with van der Waals surface area (Å²) in [4.78, 5) is 30.0. The summed E-state index contributed by atoms with van der Waals surface area (Å²) in [6.07, 6.45) is 6.03. The van der Waals surface area contributed by atoms with Crippen LogP contribution in [-0.4, -0.2) is 35.0 Å². The van der Waals surface area contributed by atoms with E-state index in [1.54, 1.807) is 13.2 Å². The van der Waals surface area contributed by atoms with E-state index in [0.29, 0.717) is 24.4 Å². The molecule has 0 bridgehead atoms. The average molecular weight is 435 g/mol. The van der Waals surface area contributed by atoms with Crippen LogP contribution in [0.25, 0.3) is 11.0 Å². The Kier molecular flexibility index (Phi) is 7.04. The van der Waals surface area contributed by atoms with Gasteiger partial charge in [0.25, 0.3) is 0 Å². The van der Waals surface area contributed by atoms with Crippen LogP contribution in [0.3, 0.4) is 0 Å². The predicted octanol–water partition coefficient (Wildman–Crippen LogP) is 3.92. The molecule has 7 nitrogen and oxygen atoms in total. The van der Waals surface area contributed by atoms with Crippen molar-refractivity contribution in [1.82, 2.24) is 14.9 Å². The van der Waals surface area contributed by atoms with Crippen molar-refractivity contribution in [3.05, 3.63) is 54.4 Å². The second kappa shape index (κ2) is 10.3. The first-order valence-electron chi connectivity index (χ1n) is 11.3. The number of aromatic nitrogens is 2. The number of carbonyl (C=O) groups is 2. The number of nitrogens with zero attached hydrogens (tertiary/aromatic N) is 2. The fraction of sp³-hybridized carbons (Fsp3) is 0.400. The van der Waals surface area contributed by atoms with Crippen LogP contribution in [-0.2, 0) is 22.6 Å². The van der Waals surface area contributed by atoms with Crippen molar-refractivity contribution in [2.24, 2.45) is 5.92 Å². The van der Waals surface area contributed by atoms with Gasteiger partial charge in [-0.25, -0.2) is 4.98 Å². The van der Waals surface area contributed by atoms with Crippen molar-refractivity contribution < 1.29 is 14.3 Å². The molecule has 3 aromatic rings. The van der Waals surface area contributed by atoms with E-state index in [9.17, 15) is 9.59 Å². The largest absolute Gasteiger partial charge is 0.497 e. The third-order valence-electron chi connectivity index (χ3n) is 6.01. The highest BCUT2D eigenvalue weighted by Crippen LogP contribution is 2.24. The lowest BCUT2D eigenvalue weighted by Gasteiger charge is -2.20. The van der Waals surface area contributed by atoms with Crippen LogP contribution in [0.2, 0.25) is 0 Å². The van der Waals surface area contributed by atoms with Crippen molar-refractivity contribution in [2.45, 2.75) is 45.1 Å². The highest BCUT2D eigenvalue weighted by molar-refractivity contribution is 5.92. The third kappa shape index (κ3) is 5.28. The number of anilines is 1. The van der Waals surface area contributed by atoms with Crippen LogP contribution in [0, 0.1) is 5.92 Å². The highest BCUT2D eigenvalue weighted by Gasteiger charge is 2.21. The molecular formula is C25H30N4O3. The van der Waals surface area contributed by atoms with Gasteiger partial charge in [0, 0.05) is 30.6 Å². The number of rotatable bonds is 8. The van der Waals surface area contributed by atoms with Crippen molar-refractivity contribution in [3.63, 3.8) is 0 Å². The number of amides is 2. The van der Waals surface area contributed by atoms with Gasteiger partial charge in [-0.3, -0.25) is 9.59 Å². The summed E-state index contributed by atoms with van der Waals surface area (Å²) in [5.74, 6) is 1.61. The quantitative estimate of drug-likeness (QED) is 0.563. The summed E-state index contributed by atoms with van der Waals surface area (Å²) in [5, 5.41) is 6.00. The summed E-state index contributed by atoms with van der Waals surface area (Å²) < 4.78 is 7.15. The first-order chi connectivity index (χ1) is 15.6. The monoisotopic (exact) mass is 434 g/mol. The average Bonchev–Trinajstić information content (AvgIpc) is 3.16. The molecule has 0 radical (unpaired) electrons. The SMILES string of the molecule is COc1cccc(NC(=O)Cn2c(CCNC(=O)C3CCCCC3)nc3ccccc32)c1. The van der Waals surface area contributed by atoms with E-state index in [2.05, 4.69) is 10.6 Å². The van der Waals surface area contributed by atoms with Gasteiger partial charge in [0.1, 0.15) is 18.1 Å². The van der Waals surface area contributed by atoms with E-state index >= 15 is 0 Å². The van der Waals surface area contributed by atoms with Crippen LogP contribution < -0.4 is 15.4 Å². The zero-order chi connectivity index (χ0) is 22.3. The lowest BCUT2D eigenvalue weighted by atomic mass is 9.89. The fourth-order valence-corrected chi connectivity index (χ4v) is 4.34. The number of carbonyl (C=O) groups excluding carboxylic acids is 2. The van der Waals surface area contributed by atoms with Crippen LogP contribution in [0.4, 0.5) is 5.69 Å². The first kappa shape index (κ1) is 21.9. The maximum atomic E-state index is 12.8. The summed E-state index contributed by atoms with van der Waals surface area (Å²) in [7, 11) is 1.60. The van der Waals surface area contributed by atoms with E-state index < -0.39 is 0 Å². The fourth-order valence-electron chi connectivity index (χ4n) is 4.34. The summed E-state index contributed by atoms with van der Waals surface area (Å²) in [5.41, 5.74) is 2.43. The van der Waals surface area contributed by atoms with E-state index in [-0.39, 0.29) is 24.3 Å². The number of hydrogen-bond acceptors (Lipinski definition) is 4. The second-order valence-electron chi connectivity index (χ2n) is 8.26. The van der Waals surface area contributed by atoms with Gasteiger partial charge in [-0.15, -0.1) is 0 Å². The minimum atomic E-state index is -0.145. The standard InChI is InChI=1S/C25H30N4O3/c1-32-20-11-7-10-19(16-20)27-24(30)17-29-22-13-6-5-12-21(22)28-23(29)14-15-26-25(31)18-8-3-2-4-9-18/h5-7,10-13,16,18H,2-4,8-9,14-15,17H2,1H3,(H,26,31)(H,27,30). The van der Waals surface area contributed by atoms with Gasteiger partial charge in [-0.1, -0.05) is 37.5 Å². The molecule has 2 N–H and O–H groups in total. The smallest absolute Gasteiger partial charge is 0.244 e. The number of hydrogen-bond donors (Lipinski definition) is 2. The number of ether oxygens (including phenoxy) is 1. The molecule has 0 atom stereocenters. The van der Waals surface area contributed by atoms with Crippen molar-refractivity contribution >= 4 is 28.5 Å². The Hall–Kier alpha value is -3.35. The van der Waals surface area contributed by atoms with Crippen LogP contribution in [0.15, 0.2) is 48.5 Å². The van der Waals surface area contributed by atoms with E-state index in [1.807, 2.05) is 47.0 Å². The van der Waals surface area contributed by atoms with Gasteiger partial charge in [0.15, 0.2) is 0 Å². The molecule has 1 aromatic heterocycles. The number of benzene rings is 2. The normalized spacial score (nSPS) is 14.3.